The Bertz CT molecular complexity index is 1030. The van der Waals surface area contributed by atoms with Crippen LogP contribution in [-0.4, -0.2) is 60.8 Å². The highest BCUT2D eigenvalue weighted by Crippen LogP contribution is 2.68. The van der Waals surface area contributed by atoms with Gasteiger partial charge in [-0.1, -0.05) is 44.6 Å². The lowest BCUT2D eigenvalue weighted by Gasteiger charge is -2.53. The minimum absolute atomic E-state index is 0.00225. The van der Waals surface area contributed by atoms with Gasteiger partial charge in [-0.3, -0.25) is 9.59 Å². The zero-order valence-corrected chi connectivity index (χ0v) is 24.8. The Balaban J connectivity index is 1.69. The lowest BCUT2D eigenvalue weighted by molar-refractivity contribution is -0.150. The molecule has 0 aromatic rings. The summed E-state index contributed by atoms with van der Waals surface area (Å²) in [6, 6.07) is 0.227. The van der Waals surface area contributed by atoms with Crippen molar-refractivity contribution < 1.29 is 19.4 Å². The maximum Gasteiger partial charge on any atom is 0.302 e. The molecule has 6 heteroatoms. The van der Waals surface area contributed by atoms with Gasteiger partial charge in [0.05, 0.1) is 6.61 Å². The Hall–Kier alpha value is -1.92. The van der Waals surface area contributed by atoms with Crippen LogP contribution >= 0.6 is 0 Å². The van der Waals surface area contributed by atoms with Crippen LogP contribution in [0.4, 0.5) is 0 Å². The van der Waals surface area contributed by atoms with Gasteiger partial charge in [0.25, 0.3) is 0 Å². The number of aliphatic hydroxyl groups is 1. The molecular formula is C32H50N2O4. The number of ether oxygens (including phenoxy) is 1. The summed E-state index contributed by atoms with van der Waals surface area (Å²) in [5.74, 6) is 0.567. The molecule has 2 saturated carbocycles. The van der Waals surface area contributed by atoms with Crippen molar-refractivity contribution in [2.75, 3.05) is 20.7 Å². The molecule has 2 fully saturated rings. The first kappa shape index (κ1) is 29.1. The molecule has 0 spiro atoms. The van der Waals surface area contributed by atoms with Crippen molar-refractivity contribution in [2.24, 2.45) is 34.0 Å². The second kappa shape index (κ2) is 10.6. The lowest BCUT2D eigenvalue weighted by atomic mass is 9.51. The van der Waals surface area contributed by atoms with Gasteiger partial charge in [-0.25, -0.2) is 0 Å². The van der Waals surface area contributed by atoms with Gasteiger partial charge < -0.3 is 20.1 Å². The smallest absolute Gasteiger partial charge is 0.302 e. The molecule has 2 N–H and O–H groups in total. The van der Waals surface area contributed by atoms with Gasteiger partial charge >= 0.3 is 5.97 Å². The molecular weight excluding hydrogens is 476 g/mol. The van der Waals surface area contributed by atoms with Crippen molar-refractivity contribution in [1.82, 2.24) is 10.2 Å². The Morgan fingerprint density at radius 3 is 2.47 bits per heavy atom. The Labute approximate surface area is 230 Å². The molecule has 212 valence electrons. The maximum absolute atomic E-state index is 12.4. The van der Waals surface area contributed by atoms with Gasteiger partial charge in [0, 0.05) is 30.3 Å². The molecule has 0 radical (unpaired) electrons. The minimum Gasteiger partial charge on any atom is -0.462 e. The van der Waals surface area contributed by atoms with Crippen LogP contribution in [0.2, 0.25) is 0 Å². The molecule has 4 rings (SSSR count). The van der Waals surface area contributed by atoms with Crippen LogP contribution in [0.5, 0.6) is 0 Å². The highest BCUT2D eigenvalue weighted by Gasteiger charge is 2.65. The zero-order valence-electron chi connectivity index (χ0n) is 24.8. The third-order valence-electron chi connectivity index (χ3n) is 11.5. The highest BCUT2D eigenvalue weighted by atomic mass is 16.5. The van der Waals surface area contributed by atoms with E-state index in [-0.39, 0.29) is 59.3 Å². The quantitative estimate of drug-likeness (QED) is 0.375. The Kier molecular flexibility index (Phi) is 8.09. The normalized spacial score (nSPS) is 41.4. The monoisotopic (exact) mass is 526 g/mol. The number of carbonyl (C=O) groups excluding carboxylic acids is 2. The first-order valence-electron chi connectivity index (χ1n) is 14.6. The summed E-state index contributed by atoms with van der Waals surface area (Å²) in [7, 11) is 4.25. The van der Waals surface area contributed by atoms with Crippen molar-refractivity contribution >= 4 is 11.9 Å². The van der Waals surface area contributed by atoms with Gasteiger partial charge in [-0.2, -0.15) is 0 Å². The average molecular weight is 527 g/mol. The highest BCUT2D eigenvalue weighted by molar-refractivity contribution is 5.87. The fourth-order valence-electron chi connectivity index (χ4n) is 9.00. The summed E-state index contributed by atoms with van der Waals surface area (Å²) in [5.41, 5.74) is 2.44. The van der Waals surface area contributed by atoms with Crippen molar-refractivity contribution in [3.05, 3.63) is 35.5 Å². The predicted molar refractivity (Wildman–Crippen MR) is 151 cm³/mol. The average Bonchev–Trinajstić information content (AvgIpc) is 2.95. The van der Waals surface area contributed by atoms with Crippen LogP contribution < -0.4 is 5.32 Å². The van der Waals surface area contributed by atoms with Gasteiger partial charge in [0.2, 0.25) is 5.91 Å². The van der Waals surface area contributed by atoms with Gasteiger partial charge in [0.1, 0.15) is 6.10 Å². The number of aliphatic hydroxyl groups excluding tert-OH is 1. The van der Waals surface area contributed by atoms with Crippen LogP contribution in [-0.2, 0) is 14.3 Å². The molecule has 0 heterocycles. The number of fused-ring (bicyclic) bond motifs is 4. The number of amides is 1. The van der Waals surface area contributed by atoms with Gasteiger partial charge in [0.15, 0.2) is 0 Å². The first-order valence-corrected chi connectivity index (χ1v) is 14.6. The number of hydrogen-bond acceptors (Lipinski definition) is 5. The van der Waals surface area contributed by atoms with E-state index >= 15 is 0 Å². The summed E-state index contributed by atoms with van der Waals surface area (Å²) in [4.78, 5) is 26.9. The number of hydrogen-bond donors (Lipinski definition) is 2. The van der Waals surface area contributed by atoms with E-state index in [9.17, 15) is 14.7 Å². The van der Waals surface area contributed by atoms with E-state index in [1.807, 2.05) is 6.92 Å². The summed E-state index contributed by atoms with van der Waals surface area (Å²) in [6.07, 6.45) is 13.8. The van der Waals surface area contributed by atoms with E-state index < -0.39 is 5.41 Å². The molecule has 0 aromatic carbocycles. The molecule has 0 saturated heterocycles. The largest absolute Gasteiger partial charge is 0.462 e. The van der Waals surface area contributed by atoms with Crippen LogP contribution in [0.3, 0.4) is 0 Å². The molecule has 4 aliphatic rings. The topological polar surface area (TPSA) is 78.9 Å². The Morgan fingerprint density at radius 2 is 1.87 bits per heavy atom. The second-order valence-corrected chi connectivity index (χ2v) is 13.5. The van der Waals surface area contributed by atoms with Crippen LogP contribution in [0.1, 0.15) is 80.1 Å². The molecule has 0 aliphatic heterocycles. The minimum atomic E-state index is -0.405. The molecule has 4 aliphatic carbocycles. The zero-order chi connectivity index (χ0) is 28.0. The number of allylic oxidation sites excluding steroid dienone is 5. The summed E-state index contributed by atoms with van der Waals surface area (Å²) < 4.78 is 6.06. The summed E-state index contributed by atoms with van der Waals surface area (Å²) in [6.45, 7) is 12.7. The van der Waals surface area contributed by atoms with E-state index in [1.54, 1.807) is 12.2 Å². The van der Waals surface area contributed by atoms with E-state index in [0.29, 0.717) is 5.92 Å². The van der Waals surface area contributed by atoms with Crippen LogP contribution in [0.25, 0.3) is 0 Å². The van der Waals surface area contributed by atoms with Crippen molar-refractivity contribution in [2.45, 2.75) is 98.3 Å². The summed E-state index contributed by atoms with van der Waals surface area (Å²) >= 11 is 0. The number of carbonyl (C=O) groups is 2. The third-order valence-corrected chi connectivity index (χ3v) is 11.5. The van der Waals surface area contributed by atoms with Crippen LogP contribution in [0, 0.1) is 34.0 Å². The second-order valence-electron chi connectivity index (χ2n) is 13.5. The first-order chi connectivity index (χ1) is 17.8. The molecule has 38 heavy (non-hydrogen) atoms. The molecule has 0 aromatic heterocycles. The van der Waals surface area contributed by atoms with Gasteiger partial charge in [-0.05, 0) is 101 Å². The number of esters is 1. The standard InChI is InChI=1S/C32H50N2O4/c1-9-10-28(37)33-27-14-11-22-17-23-15-16-31(5)29(20(2)34(7)8)26(38-21(3)36)18-32(31,6)25(23)13-12-24(22)30(27,4)19-35/h9-10,15,17,20,24-27,29,35H,11-14,16,18-19H2,1-8H3,(H,33,37)/b10-9+/t20-,24+,25+,26+,27-,29-,30+,31+,32-/m0/s1. The van der Waals surface area contributed by atoms with E-state index in [4.69, 9.17) is 4.74 Å². The fourth-order valence-corrected chi connectivity index (χ4v) is 9.00. The van der Waals surface area contributed by atoms with Crippen LogP contribution in [0.15, 0.2) is 35.5 Å². The van der Waals surface area contributed by atoms with Gasteiger partial charge in [-0.15, -0.1) is 0 Å². The molecule has 6 nitrogen and oxygen atoms in total. The summed E-state index contributed by atoms with van der Waals surface area (Å²) in [5, 5.41) is 13.9. The maximum atomic E-state index is 12.4. The number of nitrogens with one attached hydrogen (secondary N) is 1. The molecule has 0 unspecified atom stereocenters. The van der Waals surface area contributed by atoms with Crippen molar-refractivity contribution in [1.29, 1.82) is 0 Å². The SMILES string of the molecule is C/C=C/C(=O)N[C@H]1CCC2=CC3=CC[C@]4(C)[C@@H]([C@H](C)N(C)C)[C@H](OC(C)=O)C[C@@]4(C)[C@@H]3CC[C@H]2[C@@]1(C)CO. The molecule has 1 amide bonds. The van der Waals surface area contributed by atoms with E-state index in [1.165, 1.54) is 18.1 Å². The lowest BCUT2D eigenvalue weighted by Crippen LogP contribution is -2.54. The number of rotatable bonds is 6. The third kappa shape index (κ3) is 4.60. The van der Waals surface area contributed by atoms with Crippen molar-refractivity contribution in [3.8, 4) is 0 Å². The molecule has 0 bridgehead atoms. The predicted octanol–water partition coefficient (Wildman–Crippen LogP) is 5.04. The van der Waals surface area contributed by atoms with E-state index in [2.05, 4.69) is 64.2 Å². The fraction of sp³-hybridized carbons (Fsp3) is 0.750. The molecule has 9 atom stereocenters. The van der Waals surface area contributed by atoms with Crippen molar-refractivity contribution in [3.63, 3.8) is 0 Å². The van der Waals surface area contributed by atoms with E-state index in [0.717, 1.165) is 38.5 Å². The Morgan fingerprint density at radius 1 is 1.18 bits per heavy atom. The number of nitrogens with zero attached hydrogens (tertiary/aromatic N) is 1.